The predicted molar refractivity (Wildman–Crippen MR) is 149 cm³/mol. The molecular formula is C30H34FN3O4S. The zero-order valence-corrected chi connectivity index (χ0v) is 23.0. The minimum atomic E-state index is -4.14. The molecule has 7 nitrogen and oxygen atoms in total. The van der Waals surface area contributed by atoms with Crippen LogP contribution in [0.5, 0.6) is 0 Å². The van der Waals surface area contributed by atoms with Crippen molar-refractivity contribution in [3.05, 3.63) is 95.8 Å². The molecule has 0 aliphatic heterocycles. The summed E-state index contributed by atoms with van der Waals surface area (Å²) in [6.07, 6.45) is 3.80. The first-order chi connectivity index (χ1) is 18.7. The number of aryl methyl sites for hydroxylation is 1. The molecule has 0 radical (unpaired) electrons. The Labute approximate surface area is 229 Å². The first-order valence-corrected chi connectivity index (χ1v) is 14.6. The summed E-state index contributed by atoms with van der Waals surface area (Å²) in [7, 11) is -4.14. The van der Waals surface area contributed by atoms with E-state index < -0.39 is 34.3 Å². The maximum Gasteiger partial charge on any atom is 0.264 e. The molecule has 1 saturated carbocycles. The molecular weight excluding hydrogens is 517 g/mol. The molecule has 1 aliphatic rings. The Hall–Kier alpha value is -3.72. The number of carbonyl (C=O) groups is 2. The largest absolute Gasteiger partial charge is 0.352 e. The second-order valence-electron chi connectivity index (χ2n) is 9.89. The number of halogens is 1. The van der Waals surface area contributed by atoms with Gasteiger partial charge in [-0.2, -0.15) is 0 Å². The summed E-state index contributed by atoms with van der Waals surface area (Å²) in [4.78, 5) is 28.4. The van der Waals surface area contributed by atoms with Gasteiger partial charge in [0.1, 0.15) is 18.4 Å². The van der Waals surface area contributed by atoms with Gasteiger partial charge < -0.3 is 10.2 Å². The molecule has 4 rings (SSSR count). The zero-order valence-electron chi connectivity index (χ0n) is 22.2. The van der Waals surface area contributed by atoms with Crippen molar-refractivity contribution in [1.82, 2.24) is 10.2 Å². The first-order valence-electron chi connectivity index (χ1n) is 13.1. The molecule has 1 unspecified atom stereocenters. The van der Waals surface area contributed by atoms with Gasteiger partial charge in [-0.1, -0.05) is 67.4 Å². The normalized spacial score (nSPS) is 14.5. The van der Waals surface area contributed by atoms with E-state index in [0.717, 1.165) is 30.0 Å². The van der Waals surface area contributed by atoms with Crippen LogP contribution in [-0.4, -0.2) is 43.8 Å². The van der Waals surface area contributed by atoms with Crippen LogP contribution >= 0.6 is 0 Å². The number of hydrogen-bond donors (Lipinski definition) is 1. The third kappa shape index (κ3) is 6.65. The lowest BCUT2D eigenvalue weighted by Crippen LogP contribution is -2.52. The number of anilines is 1. The van der Waals surface area contributed by atoms with E-state index in [4.69, 9.17) is 0 Å². The van der Waals surface area contributed by atoms with Gasteiger partial charge in [0.15, 0.2) is 0 Å². The van der Waals surface area contributed by atoms with Crippen molar-refractivity contribution in [2.75, 3.05) is 10.8 Å². The van der Waals surface area contributed by atoms with Gasteiger partial charge in [-0.15, -0.1) is 0 Å². The molecule has 1 atom stereocenters. The third-order valence-corrected chi connectivity index (χ3v) is 8.94. The monoisotopic (exact) mass is 551 g/mol. The Morgan fingerprint density at radius 1 is 0.949 bits per heavy atom. The Bertz CT molecular complexity index is 1410. The average Bonchev–Trinajstić information content (AvgIpc) is 3.45. The molecule has 0 heterocycles. The summed E-state index contributed by atoms with van der Waals surface area (Å²) in [5.41, 5.74) is 1.25. The minimum Gasteiger partial charge on any atom is -0.352 e. The van der Waals surface area contributed by atoms with Crippen LogP contribution in [0, 0.1) is 12.7 Å². The number of nitrogens with one attached hydrogen (secondary N) is 1. The van der Waals surface area contributed by atoms with Crippen molar-refractivity contribution in [2.24, 2.45) is 0 Å². The summed E-state index contributed by atoms with van der Waals surface area (Å²) >= 11 is 0. The molecule has 1 N–H and O–H groups in total. The fraction of sp³-hybridized carbons (Fsp3) is 0.333. The molecule has 39 heavy (non-hydrogen) atoms. The van der Waals surface area contributed by atoms with Crippen LogP contribution in [-0.2, 0) is 26.2 Å². The van der Waals surface area contributed by atoms with Crippen LogP contribution in [0.25, 0.3) is 0 Å². The highest BCUT2D eigenvalue weighted by molar-refractivity contribution is 7.92. The lowest BCUT2D eigenvalue weighted by atomic mass is 10.1. The van der Waals surface area contributed by atoms with E-state index in [2.05, 4.69) is 5.32 Å². The number of para-hydroxylation sites is 1. The molecule has 3 aromatic carbocycles. The number of carbonyl (C=O) groups excluding carboxylic acids is 2. The molecule has 206 valence electrons. The Morgan fingerprint density at radius 2 is 1.56 bits per heavy atom. The second-order valence-corrected chi connectivity index (χ2v) is 11.8. The molecule has 0 bridgehead atoms. The lowest BCUT2D eigenvalue weighted by molar-refractivity contribution is -0.139. The molecule has 3 aromatic rings. The highest BCUT2D eigenvalue weighted by Gasteiger charge is 2.34. The van der Waals surface area contributed by atoms with Gasteiger partial charge in [-0.05, 0) is 56.5 Å². The van der Waals surface area contributed by atoms with Crippen molar-refractivity contribution >= 4 is 27.5 Å². The van der Waals surface area contributed by atoms with Crippen LogP contribution in [0.4, 0.5) is 10.1 Å². The van der Waals surface area contributed by atoms with Gasteiger partial charge in [-0.3, -0.25) is 13.9 Å². The van der Waals surface area contributed by atoms with Crippen molar-refractivity contribution in [2.45, 2.75) is 63.1 Å². The van der Waals surface area contributed by atoms with Crippen molar-refractivity contribution in [3.63, 3.8) is 0 Å². The van der Waals surface area contributed by atoms with Crippen molar-refractivity contribution < 1.29 is 22.4 Å². The molecule has 0 spiro atoms. The number of amides is 2. The summed E-state index contributed by atoms with van der Waals surface area (Å²) < 4.78 is 43.3. The smallest absolute Gasteiger partial charge is 0.264 e. The van der Waals surface area contributed by atoms with E-state index >= 15 is 0 Å². The number of hydrogen-bond acceptors (Lipinski definition) is 4. The third-order valence-electron chi connectivity index (χ3n) is 7.16. The zero-order chi connectivity index (χ0) is 28.0. The summed E-state index contributed by atoms with van der Waals surface area (Å²) in [6, 6.07) is 19.9. The molecule has 1 fully saturated rings. The molecule has 2 amide bonds. The first kappa shape index (κ1) is 28.3. The van der Waals surface area contributed by atoms with E-state index in [0.29, 0.717) is 11.3 Å². The number of nitrogens with zero attached hydrogens (tertiary/aromatic N) is 2. The van der Waals surface area contributed by atoms with Gasteiger partial charge >= 0.3 is 0 Å². The Morgan fingerprint density at radius 3 is 2.23 bits per heavy atom. The summed E-state index contributed by atoms with van der Waals surface area (Å²) in [5.74, 6) is -1.47. The maximum atomic E-state index is 14.7. The fourth-order valence-corrected chi connectivity index (χ4v) is 6.36. The number of benzene rings is 3. The van der Waals surface area contributed by atoms with Gasteiger partial charge in [-0.25, -0.2) is 12.8 Å². The summed E-state index contributed by atoms with van der Waals surface area (Å²) in [5, 5.41) is 3.01. The standard InChI is InChI=1S/C30H34FN3O4S/c1-22-12-6-11-19-28(22)34(39(37,38)26-16-4-3-5-17-26)21-29(35)33(20-24-13-7-10-18-27(24)31)23(2)30(36)32-25-14-8-9-15-25/h3-7,10-13,16-19,23,25H,8-9,14-15,20-21H2,1-2H3,(H,32,36). The van der Waals surface area contributed by atoms with Gasteiger partial charge in [0.25, 0.3) is 10.0 Å². The topological polar surface area (TPSA) is 86.8 Å². The average molecular weight is 552 g/mol. The Kier molecular flexibility index (Phi) is 9.01. The van der Waals surface area contributed by atoms with E-state index in [1.54, 1.807) is 74.5 Å². The molecule has 1 aliphatic carbocycles. The molecule has 0 saturated heterocycles. The minimum absolute atomic E-state index is 0.0345. The van der Waals surface area contributed by atoms with Gasteiger partial charge in [0, 0.05) is 18.2 Å². The highest BCUT2D eigenvalue weighted by Crippen LogP contribution is 2.27. The fourth-order valence-electron chi connectivity index (χ4n) is 4.86. The number of sulfonamides is 1. The van der Waals surface area contributed by atoms with Crippen LogP contribution in [0.1, 0.15) is 43.7 Å². The highest BCUT2D eigenvalue weighted by atomic mass is 32.2. The lowest BCUT2D eigenvalue weighted by Gasteiger charge is -2.33. The van der Waals surface area contributed by atoms with Gasteiger partial charge in [0.05, 0.1) is 10.6 Å². The van der Waals surface area contributed by atoms with Crippen LogP contribution in [0.15, 0.2) is 83.8 Å². The van der Waals surface area contributed by atoms with Crippen LogP contribution in [0.2, 0.25) is 0 Å². The van der Waals surface area contributed by atoms with Gasteiger partial charge in [0.2, 0.25) is 11.8 Å². The SMILES string of the molecule is Cc1ccccc1N(CC(=O)N(Cc1ccccc1F)C(C)C(=O)NC1CCCC1)S(=O)(=O)c1ccccc1. The van der Waals surface area contributed by atoms with E-state index in [1.807, 2.05) is 0 Å². The molecule has 0 aromatic heterocycles. The van der Waals surface area contributed by atoms with Crippen molar-refractivity contribution in [3.8, 4) is 0 Å². The van der Waals surface area contributed by atoms with E-state index in [1.165, 1.54) is 23.1 Å². The Balaban J connectivity index is 1.69. The van der Waals surface area contributed by atoms with E-state index in [9.17, 15) is 22.4 Å². The quantitative estimate of drug-likeness (QED) is 0.392. The van der Waals surface area contributed by atoms with Crippen LogP contribution < -0.4 is 9.62 Å². The van der Waals surface area contributed by atoms with Crippen molar-refractivity contribution in [1.29, 1.82) is 0 Å². The number of rotatable bonds is 10. The predicted octanol–water partition coefficient (Wildman–Crippen LogP) is 4.81. The second kappa shape index (κ2) is 12.4. The molecule has 9 heteroatoms. The van der Waals surface area contributed by atoms with E-state index in [-0.39, 0.29) is 29.0 Å². The van der Waals surface area contributed by atoms with Crippen LogP contribution in [0.3, 0.4) is 0 Å². The summed E-state index contributed by atoms with van der Waals surface area (Å²) in [6.45, 7) is 2.62. The maximum absolute atomic E-state index is 14.7.